The van der Waals surface area contributed by atoms with Crippen LogP contribution in [0.5, 0.6) is 0 Å². The second-order valence-electron chi connectivity index (χ2n) is 5.14. The number of carbonyl (C=O) groups is 1. The van der Waals surface area contributed by atoms with Crippen molar-refractivity contribution in [2.75, 3.05) is 0 Å². The molecule has 6 heteroatoms. The Kier molecular flexibility index (Phi) is 3.26. The first-order valence-corrected chi connectivity index (χ1v) is 6.49. The van der Waals surface area contributed by atoms with Gasteiger partial charge in [0, 0.05) is 5.69 Å². The number of nitrogens with zero attached hydrogens (tertiary/aromatic N) is 3. The van der Waals surface area contributed by atoms with Crippen LogP contribution in [0, 0.1) is 6.92 Å². The van der Waals surface area contributed by atoms with E-state index in [1.807, 2.05) is 26.0 Å². The fraction of sp³-hybridized carbons (Fsp3) is 0.462. The van der Waals surface area contributed by atoms with Crippen molar-refractivity contribution in [1.82, 2.24) is 14.5 Å². The normalized spacial score (nSPS) is 13.7. The van der Waals surface area contributed by atoms with Crippen LogP contribution in [-0.4, -0.2) is 20.4 Å². The van der Waals surface area contributed by atoms with Crippen LogP contribution in [0.3, 0.4) is 0 Å². The van der Waals surface area contributed by atoms with Gasteiger partial charge < -0.3 is 5.73 Å². The van der Waals surface area contributed by atoms with Crippen LogP contribution in [0.15, 0.2) is 12.1 Å². The van der Waals surface area contributed by atoms with E-state index in [-0.39, 0.29) is 5.38 Å². The third kappa shape index (κ3) is 2.18. The number of aromatic nitrogens is 3. The number of hydrogen-bond donors (Lipinski definition) is 1. The summed E-state index contributed by atoms with van der Waals surface area (Å²) in [6.45, 7) is 7.17. The quantitative estimate of drug-likeness (QED) is 0.877. The number of aryl methyl sites for hydroxylation is 1. The molecule has 1 atom stereocenters. The SMILES string of the molecule is Cc1ccc2nc(C(C)Cl)n(C(C)(C)C(N)=O)c2n1. The molecule has 0 radical (unpaired) electrons. The van der Waals surface area contributed by atoms with Crippen LogP contribution in [0.25, 0.3) is 11.2 Å². The summed E-state index contributed by atoms with van der Waals surface area (Å²) >= 11 is 6.17. The van der Waals surface area contributed by atoms with E-state index >= 15 is 0 Å². The highest BCUT2D eigenvalue weighted by Gasteiger charge is 2.33. The first-order chi connectivity index (χ1) is 8.75. The summed E-state index contributed by atoms with van der Waals surface area (Å²) < 4.78 is 1.73. The molecular formula is C13H17ClN4O. The van der Waals surface area contributed by atoms with Crippen molar-refractivity contribution in [2.24, 2.45) is 5.73 Å². The summed E-state index contributed by atoms with van der Waals surface area (Å²) in [7, 11) is 0. The molecule has 0 aliphatic heterocycles. The van der Waals surface area contributed by atoms with Gasteiger partial charge >= 0.3 is 0 Å². The van der Waals surface area contributed by atoms with Gasteiger partial charge in [0.1, 0.15) is 16.9 Å². The number of alkyl halides is 1. The Bertz CT molecular complexity index is 645. The first-order valence-electron chi connectivity index (χ1n) is 6.05. The molecule has 0 saturated carbocycles. The molecule has 0 aliphatic rings. The van der Waals surface area contributed by atoms with Crippen LogP contribution >= 0.6 is 11.6 Å². The van der Waals surface area contributed by atoms with E-state index in [1.54, 1.807) is 18.4 Å². The largest absolute Gasteiger partial charge is 0.368 e. The van der Waals surface area contributed by atoms with Gasteiger partial charge in [0.05, 0.1) is 5.38 Å². The molecule has 2 aromatic heterocycles. The number of amides is 1. The lowest BCUT2D eigenvalue weighted by molar-refractivity contribution is -0.125. The number of nitrogens with two attached hydrogens (primary N) is 1. The van der Waals surface area contributed by atoms with E-state index in [9.17, 15) is 4.79 Å². The Balaban J connectivity index is 2.85. The highest BCUT2D eigenvalue weighted by Crippen LogP contribution is 2.30. The molecular weight excluding hydrogens is 264 g/mol. The molecule has 0 spiro atoms. The van der Waals surface area contributed by atoms with Crippen LogP contribution < -0.4 is 5.73 Å². The molecule has 1 amide bonds. The molecule has 5 nitrogen and oxygen atoms in total. The minimum absolute atomic E-state index is 0.340. The predicted molar refractivity (Wildman–Crippen MR) is 75.0 cm³/mol. The van der Waals surface area contributed by atoms with Gasteiger partial charge in [-0.2, -0.15) is 0 Å². The molecule has 2 N–H and O–H groups in total. The Hall–Kier alpha value is -1.62. The number of carbonyl (C=O) groups excluding carboxylic acids is 1. The van der Waals surface area contributed by atoms with Crippen molar-refractivity contribution in [1.29, 1.82) is 0 Å². The van der Waals surface area contributed by atoms with Crippen LogP contribution in [0.4, 0.5) is 0 Å². The Morgan fingerprint density at radius 1 is 1.42 bits per heavy atom. The monoisotopic (exact) mass is 280 g/mol. The lowest BCUT2D eigenvalue weighted by Crippen LogP contribution is -2.42. The maximum atomic E-state index is 11.7. The highest BCUT2D eigenvalue weighted by atomic mass is 35.5. The molecule has 0 fully saturated rings. The van der Waals surface area contributed by atoms with Gasteiger partial charge in [-0.05, 0) is 39.8 Å². The predicted octanol–water partition coefficient (Wildman–Crippen LogP) is 2.26. The lowest BCUT2D eigenvalue weighted by atomic mass is 10.0. The summed E-state index contributed by atoms with van der Waals surface area (Å²) in [4.78, 5) is 20.6. The topological polar surface area (TPSA) is 73.8 Å². The molecule has 0 saturated heterocycles. The fourth-order valence-electron chi connectivity index (χ4n) is 2.00. The number of imidazole rings is 1. The zero-order valence-electron chi connectivity index (χ0n) is 11.4. The van der Waals surface area contributed by atoms with Gasteiger partial charge in [0.2, 0.25) is 5.91 Å². The summed E-state index contributed by atoms with van der Waals surface area (Å²) in [5, 5.41) is -0.340. The van der Waals surface area contributed by atoms with Crippen molar-refractivity contribution >= 4 is 28.7 Å². The minimum Gasteiger partial charge on any atom is -0.368 e. The van der Waals surface area contributed by atoms with Gasteiger partial charge in [0.25, 0.3) is 0 Å². The van der Waals surface area contributed by atoms with Crippen molar-refractivity contribution in [3.8, 4) is 0 Å². The second-order valence-corrected chi connectivity index (χ2v) is 5.79. The summed E-state index contributed by atoms with van der Waals surface area (Å²) in [5.41, 5.74) is 6.76. The number of primary amides is 1. The number of pyridine rings is 1. The third-order valence-corrected chi connectivity index (χ3v) is 3.38. The zero-order valence-corrected chi connectivity index (χ0v) is 12.2. The zero-order chi connectivity index (χ0) is 14.4. The maximum Gasteiger partial charge on any atom is 0.243 e. The standard InChI is InChI=1S/C13H17ClN4O/c1-7-5-6-9-11(16-7)18(10(17-9)8(2)14)13(3,4)12(15)19/h5-6,8H,1-4H3,(H2,15,19). The van der Waals surface area contributed by atoms with Crippen LogP contribution in [0.1, 0.15) is 37.7 Å². The first kappa shape index (κ1) is 13.8. The van der Waals surface area contributed by atoms with Gasteiger partial charge in [-0.25, -0.2) is 9.97 Å². The Morgan fingerprint density at radius 2 is 2.05 bits per heavy atom. The van der Waals surface area contributed by atoms with Crippen LogP contribution in [-0.2, 0) is 10.3 Å². The molecule has 0 aliphatic carbocycles. The summed E-state index contributed by atoms with van der Waals surface area (Å²) in [5.74, 6) is 0.146. The Labute approximate surface area is 116 Å². The maximum absolute atomic E-state index is 11.7. The van der Waals surface area contributed by atoms with Crippen LogP contribution in [0.2, 0.25) is 0 Å². The molecule has 0 aromatic carbocycles. The van der Waals surface area contributed by atoms with Crippen molar-refractivity contribution in [2.45, 2.75) is 38.6 Å². The molecule has 102 valence electrons. The Morgan fingerprint density at radius 3 is 2.58 bits per heavy atom. The molecule has 1 unspecified atom stereocenters. The van der Waals surface area contributed by atoms with Crippen molar-refractivity contribution < 1.29 is 4.79 Å². The highest BCUT2D eigenvalue weighted by molar-refractivity contribution is 6.20. The van der Waals surface area contributed by atoms with E-state index in [1.165, 1.54) is 0 Å². The smallest absolute Gasteiger partial charge is 0.243 e. The second kappa shape index (κ2) is 4.49. The van der Waals surface area contributed by atoms with E-state index in [0.717, 1.165) is 5.69 Å². The van der Waals surface area contributed by atoms with Gasteiger partial charge in [0.15, 0.2) is 5.65 Å². The minimum atomic E-state index is -0.936. The van der Waals surface area contributed by atoms with E-state index in [0.29, 0.717) is 17.0 Å². The number of rotatable bonds is 3. The average Bonchev–Trinajstić information content (AvgIpc) is 2.67. The van der Waals surface area contributed by atoms with E-state index < -0.39 is 11.4 Å². The average molecular weight is 281 g/mol. The fourth-order valence-corrected chi connectivity index (χ4v) is 2.14. The van der Waals surface area contributed by atoms with Gasteiger partial charge in [-0.3, -0.25) is 9.36 Å². The van der Waals surface area contributed by atoms with Gasteiger partial charge in [-0.1, -0.05) is 0 Å². The molecule has 0 bridgehead atoms. The summed E-state index contributed by atoms with van der Waals surface area (Å²) in [6.07, 6.45) is 0. The number of fused-ring (bicyclic) bond motifs is 1. The third-order valence-electron chi connectivity index (χ3n) is 3.19. The number of halogens is 1. The van der Waals surface area contributed by atoms with E-state index in [2.05, 4.69) is 9.97 Å². The molecule has 19 heavy (non-hydrogen) atoms. The van der Waals surface area contributed by atoms with Crippen molar-refractivity contribution in [3.63, 3.8) is 0 Å². The number of hydrogen-bond acceptors (Lipinski definition) is 3. The van der Waals surface area contributed by atoms with E-state index in [4.69, 9.17) is 17.3 Å². The molecule has 2 rings (SSSR count). The summed E-state index contributed by atoms with van der Waals surface area (Å²) in [6, 6.07) is 3.74. The molecule has 2 aromatic rings. The lowest BCUT2D eigenvalue weighted by Gasteiger charge is -2.26. The van der Waals surface area contributed by atoms with Gasteiger partial charge in [-0.15, -0.1) is 11.6 Å². The molecule has 2 heterocycles. The van der Waals surface area contributed by atoms with Crippen molar-refractivity contribution in [3.05, 3.63) is 23.7 Å².